The number of ether oxygens (including phenoxy) is 3. The molecule has 0 aliphatic heterocycles. The van der Waals surface area contributed by atoms with Gasteiger partial charge >= 0.3 is 6.03 Å². The number of benzene rings is 2. The van der Waals surface area contributed by atoms with Crippen molar-refractivity contribution in [2.45, 2.75) is 33.0 Å². The Balaban J connectivity index is 1.71. The number of aliphatic hydroxyl groups is 1. The van der Waals surface area contributed by atoms with Gasteiger partial charge in [-0.1, -0.05) is 6.07 Å². The minimum Gasteiger partial charge on any atom is -0.493 e. The number of nitrogens with zero attached hydrogens (tertiary/aromatic N) is 2. The number of hydrogen-bond acceptors (Lipinski definition) is 8. The SMILES string of the molecule is CCNC(=O)Nc1cc2cc(-c3cnc(C(C)(C)O)nc3)c(OCc3ccc(OC)c(OC)c3)cc2s1. The van der Waals surface area contributed by atoms with Crippen LogP contribution in [0.15, 0.2) is 48.8 Å². The van der Waals surface area contributed by atoms with Crippen LogP contribution >= 0.6 is 11.3 Å². The topological polar surface area (TPSA) is 115 Å². The van der Waals surface area contributed by atoms with Crippen molar-refractivity contribution in [1.82, 2.24) is 15.3 Å². The third-order valence-electron chi connectivity index (χ3n) is 5.54. The van der Waals surface area contributed by atoms with E-state index in [1.165, 1.54) is 11.3 Å². The minimum absolute atomic E-state index is 0.255. The van der Waals surface area contributed by atoms with Crippen molar-refractivity contribution in [3.63, 3.8) is 0 Å². The molecule has 0 bridgehead atoms. The van der Waals surface area contributed by atoms with Gasteiger partial charge in [0.25, 0.3) is 0 Å². The fraction of sp³-hybridized carbons (Fsp3) is 0.296. The average molecular weight is 523 g/mol. The number of urea groups is 1. The molecule has 194 valence electrons. The summed E-state index contributed by atoms with van der Waals surface area (Å²) in [5, 5.41) is 17.5. The van der Waals surface area contributed by atoms with Gasteiger partial charge in [0.1, 0.15) is 18.0 Å². The summed E-state index contributed by atoms with van der Waals surface area (Å²) in [4.78, 5) is 20.7. The van der Waals surface area contributed by atoms with Crippen LogP contribution in [-0.4, -0.2) is 41.9 Å². The molecule has 0 saturated heterocycles. The van der Waals surface area contributed by atoms with Crippen LogP contribution in [0.4, 0.5) is 9.80 Å². The third-order valence-corrected chi connectivity index (χ3v) is 6.56. The van der Waals surface area contributed by atoms with E-state index < -0.39 is 5.60 Å². The Labute approximate surface area is 219 Å². The molecule has 0 unspecified atom stereocenters. The summed E-state index contributed by atoms with van der Waals surface area (Å²) in [6, 6.07) is 11.2. The Hall–Kier alpha value is -3.89. The molecule has 2 aromatic heterocycles. The number of methoxy groups -OCH3 is 2. The number of aromatic nitrogens is 2. The van der Waals surface area contributed by atoms with Crippen LogP contribution in [0.2, 0.25) is 0 Å². The predicted octanol–water partition coefficient (Wildman–Crippen LogP) is 5.32. The zero-order valence-corrected chi connectivity index (χ0v) is 22.2. The highest BCUT2D eigenvalue weighted by atomic mass is 32.1. The van der Waals surface area contributed by atoms with Crippen molar-refractivity contribution < 1.29 is 24.1 Å². The molecule has 0 aliphatic rings. The van der Waals surface area contributed by atoms with Crippen molar-refractivity contribution >= 4 is 32.5 Å². The molecule has 37 heavy (non-hydrogen) atoms. The third kappa shape index (κ3) is 6.10. The van der Waals surface area contributed by atoms with Crippen LogP contribution in [0.5, 0.6) is 17.2 Å². The van der Waals surface area contributed by atoms with E-state index in [-0.39, 0.29) is 12.6 Å². The van der Waals surface area contributed by atoms with Crippen LogP contribution in [0.3, 0.4) is 0 Å². The molecule has 2 aromatic carbocycles. The van der Waals surface area contributed by atoms with E-state index in [9.17, 15) is 9.90 Å². The first kappa shape index (κ1) is 26.2. The number of nitrogens with one attached hydrogen (secondary N) is 2. The van der Waals surface area contributed by atoms with E-state index in [0.717, 1.165) is 31.8 Å². The minimum atomic E-state index is -1.15. The molecule has 0 atom stereocenters. The van der Waals surface area contributed by atoms with Gasteiger partial charge in [-0.2, -0.15) is 0 Å². The summed E-state index contributed by atoms with van der Waals surface area (Å²) in [6.45, 7) is 5.97. The molecule has 2 heterocycles. The number of anilines is 1. The molecule has 4 rings (SSSR count). The Bertz CT molecular complexity index is 1400. The first-order chi connectivity index (χ1) is 17.7. The average Bonchev–Trinajstić information content (AvgIpc) is 3.27. The molecule has 0 fully saturated rings. The molecule has 3 N–H and O–H groups in total. The van der Waals surface area contributed by atoms with Crippen LogP contribution in [-0.2, 0) is 12.2 Å². The van der Waals surface area contributed by atoms with Gasteiger partial charge in [-0.15, -0.1) is 11.3 Å². The highest BCUT2D eigenvalue weighted by molar-refractivity contribution is 7.23. The van der Waals surface area contributed by atoms with Crippen molar-refractivity contribution in [1.29, 1.82) is 0 Å². The van der Waals surface area contributed by atoms with Gasteiger partial charge in [0.2, 0.25) is 0 Å². The summed E-state index contributed by atoms with van der Waals surface area (Å²) in [6.07, 6.45) is 3.34. The van der Waals surface area contributed by atoms with E-state index in [4.69, 9.17) is 14.2 Å². The summed E-state index contributed by atoms with van der Waals surface area (Å²) in [5.74, 6) is 2.22. The second-order valence-corrected chi connectivity index (χ2v) is 9.90. The number of hydrogen-bond donors (Lipinski definition) is 3. The molecular formula is C27H30N4O5S. The molecular weight excluding hydrogens is 492 g/mol. The molecule has 10 heteroatoms. The Morgan fingerprint density at radius 3 is 2.41 bits per heavy atom. The van der Waals surface area contributed by atoms with E-state index in [1.54, 1.807) is 40.5 Å². The maximum atomic E-state index is 12.0. The van der Waals surface area contributed by atoms with Gasteiger partial charge in [0, 0.05) is 34.8 Å². The maximum absolute atomic E-state index is 12.0. The monoisotopic (exact) mass is 522 g/mol. The summed E-state index contributed by atoms with van der Waals surface area (Å²) >= 11 is 1.46. The zero-order chi connectivity index (χ0) is 26.6. The largest absolute Gasteiger partial charge is 0.493 e. The fourth-order valence-electron chi connectivity index (χ4n) is 3.71. The summed E-state index contributed by atoms with van der Waals surface area (Å²) in [7, 11) is 3.19. The first-order valence-corrected chi connectivity index (χ1v) is 12.5. The lowest BCUT2D eigenvalue weighted by Crippen LogP contribution is -2.27. The summed E-state index contributed by atoms with van der Waals surface area (Å²) < 4.78 is 18.0. The van der Waals surface area contributed by atoms with Gasteiger partial charge in [-0.3, -0.25) is 5.32 Å². The van der Waals surface area contributed by atoms with E-state index in [1.807, 2.05) is 43.3 Å². The second-order valence-electron chi connectivity index (χ2n) is 8.81. The lowest BCUT2D eigenvalue weighted by atomic mass is 10.0. The smallest absolute Gasteiger partial charge is 0.319 e. The van der Waals surface area contributed by atoms with Crippen molar-refractivity contribution in [3.8, 4) is 28.4 Å². The van der Waals surface area contributed by atoms with Crippen LogP contribution < -0.4 is 24.8 Å². The van der Waals surface area contributed by atoms with E-state index in [0.29, 0.717) is 29.6 Å². The number of carbonyl (C=O) groups is 1. The molecule has 0 saturated carbocycles. The van der Waals surface area contributed by atoms with E-state index >= 15 is 0 Å². The van der Waals surface area contributed by atoms with Crippen molar-refractivity contribution in [3.05, 3.63) is 60.2 Å². The quantitative estimate of drug-likeness (QED) is 0.272. The lowest BCUT2D eigenvalue weighted by molar-refractivity contribution is 0.0687. The van der Waals surface area contributed by atoms with Crippen molar-refractivity contribution in [2.24, 2.45) is 0 Å². The maximum Gasteiger partial charge on any atom is 0.319 e. The number of thiophene rings is 1. The van der Waals surface area contributed by atoms with Crippen LogP contribution in [0, 0.1) is 0 Å². The molecule has 9 nitrogen and oxygen atoms in total. The predicted molar refractivity (Wildman–Crippen MR) is 145 cm³/mol. The Morgan fingerprint density at radius 1 is 1.03 bits per heavy atom. The van der Waals surface area contributed by atoms with Gasteiger partial charge in [0.05, 0.1) is 19.2 Å². The van der Waals surface area contributed by atoms with Crippen molar-refractivity contribution in [2.75, 3.05) is 26.1 Å². The molecule has 4 aromatic rings. The summed E-state index contributed by atoms with van der Waals surface area (Å²) in [5.41, 5.74) is 1.28. The highest BCUT2D eigenvalue weighted by Gasteiger charge is 2.20. The number of fused-ring (bicyclic) bond motifs is 1. The van der Waals surface area contributed by atoms with Gasteiger partial charge in [0.15, 0.2) is 17.3 Å². The highest BCUT2D eigenvalue weighted by Crippen LogP contribution is 2.40. The van der Waals surface area contributed by atoms with Crippen LogP contribution in [0.1, 0.15) is 32.2 Å². The number of carbonyl (C=O) groups excluding carboxylic acids is 1. The lowest BCUT2D eigenvalue weighted by Gasteiger charge is -2.16. The number of amides is 2. The Morgan fingerprint density at radius 2 is 1.76 bits per heavy atom. The Kier molecular flexibility index (Phi) is 7.80. The zero-order valence-electron chi connectivity index (χ0n) is 21.4. The first-order valence-electron chi connectivity index (χ1n) is 11.7. The second kappa shape index (κ2) is 11.0. The molecule has 0 radical (unpaired) electrons. The fourth-order valence-corrected chi connectivity index (χ4v) is 4.67. The molecule has 0 spiro atoms. The van der Waals surface area contributed by atoms with E-state index in [2.05, 4.69) is 20.6 Å². The van der Waals surface area contributed by atoms with Gasteiger partial charge < -0.3 is 24.6 Å². The normalized spacial score (nSPS) is 11.3. The van der Waals surface area contributed by atoms with Gasteiger partial charge in [-0.25, -0.2) is 14.8 Å². The van der Waals surface area contributed by atoms with Gasteiger partial charge in [-0.05, 0) is 62.1 Å². The van der Waals surface area contributed by atoms with Crippen LogP contribution in [0.25, 0.3) is 21.2 Å². The number of rotatable bonds is 9. The molecule has 0 aliphatic carbocycles. The standard InChI is InChI=1S/C27H30N4O5S/c1-6-28-26(32)31-24-11-17-10-19(18-13-29-25(30-14-18)27(2,3)33)21(12-23(17)37-24)36-15-16-7-8-20(34-4)22(9-16)35-5/h7-14,33H,6,15H2,1-5H3,(H2,28,31,32). The molecule has 2 amide bonds.